The van der Waals surface area contributed by atoms with Crippen LogP contribution in [0.3, 0.4) is 0 Å². The fourth-order valence-corrected chi connectivity index (χ4v) is 2.89. The van der Waals surface area contributed by atoms with E-state index in [9.17, 15) is 9.59 Å². The first kappa shape index (κ1) is 15.6. The van der Waals surface area contributed by atoms with E-state index in [0.29, 0.717) is 18.9 Å². The van der Waals surface area contributed by atoms with Gasteiger partial charge in [-0.15, -0.1) is 0 Å². The fourth-order valence-electron chi connectivity index (χ4n) is 2.89. The first-order chi connectivity index (χ1) is 10.1. The van der Waals surface area contributed by atoms with Gasteiger partial charge < -0.3 is 14.2 Å². The molecule has 1 aliphatic heterocycles. The first-order valence-corrected chi connectivity index (χ1v) is 7.68. The summed E-state index contributed by atoms with van der Waals surface area (Å²) in [5.74, 6) is 0.346. The Balaban J connectivity index is 1.87. The van der Waals surface area contributed by atoms with E-state index in [0.717, 1.165) is 38.0 Å². The molecule has 1 amide bonds. The standard InChI is InChI=1S/C16H24N2O3/c1-3-21-15(19)9-8-13-6-4-11-18(12-13)16(20)14-7-5-10-17(14)2/h5,7,10,13H,3-4,6,8-9,11-12H2,1-2H3/t13-/m1/s1. The molecule has 0 spiro atoms. The number of aryl methyl sites for hydroxylation is 1. The summed E-state index contributed by atoms with van der Waals surface area (Å²) in [7, 11) is 1.88. The fraction of sp³-hybridized carbons (Fsp3) is 0.625. The molecule has 116 valence electrons. The Kier molecular flexibility index (Phi) is 5.42. The van der Waals surface area contributed by atoms with Gasteiger partial charge in [-0.05, 0) is 44.2 Å². The van der Waals surface area contributed by atoms with E-state index in [4.69, 9.17) is 4.74 Å². The van der Waals surface area contributed by atoms with E-state index in [1.807, 2.05) is 41.8 Å². The van der Waals surface area contributed by atoms with Crippen LogP contribution in [0.5, 0.6) is 0 Å². The Labute approximate surface area is 125 Å². The number of ether oxygens (including phenoxy) is 1. The maximum absolute atomic E-state index is 12.5. The van der Waals surface area contributed by atoms with E-state index in [2.05, 4.69) is 0 Å². The summed E-state index contributed by atoms with van der Waals surface area (Å²) < 4.78 is 6.81. The van der Waals surface area contributed by atoms with Crippen molar-refractivity contribution in [3.05, 3.63) is 24.0 Å². The smallest absolute Gasteiger partial charge is 0.305 e. The summed E-state index contributed by atoms with van der Waals surface area (Å²) in [5.41, 5.74) is 0.723. The molecule has 1 aliphatic rings. The lowest BCUT2D eigenvalue weighted by Gasteiger charge is -2.32. The Morgan fingerprint density at radius 3 is 2.90 bits per heavy atom. The van der Waals surface area contributed by atoms with Crippen LogP contribution in [-0.2, 0) is 16.6 Å². The number of esters is 1. The van der Waals surface area contributed by atoms with Crippen molar-refractivity contribution in [3.8, 4) is 0 Å². The summed E-state index contributed by atoms with van der Waals surface area (Å²) >= 11 is 0. The molecule has 5 nitrogen and oxygen atoms in total. The zero-order chi connectivity index (χ0) is 15.2. The SMILES string of the molecule is CCOC(=O)CC[C@H]1CCCN(C(=O)c2cccn2C)C1. The number of rotatable bonds is 5. The minimum atomic E-state index is -0.136. The highest BCUT2D eigenvalue weighted by Gasteiger charge is 2.25. The maximum atomic E-state index is 12.5. The molecule has 21 heavy (non-hydrogen) atoms. The lowest BCUT2D eigenvalue weighted by atomic mass is 9.93. The van der Waals surface area contributed by atoms with Gasteiger partial charge in [-0.2, -0.15) is 0 Å². The van der Waals surface area contributed by atoms with Crippen molar-refractivity contribution < 1.29 is 14.3 Å². The number of carbonyl (C=O) groups is 2. The van der Waals surface area contributed by atoms with Gasteiger partial charge in [0.1, 0.15) is 5.69 Å². The van der Waals surface area contributed by atoms with Gasteiger partial charge in [0.25, 0.3) is 5.91 Å². The second-order valence-corrected chi connectivity index (χ2v) is 5.61. The van der Waals surface area contributed by atoms with Crippen LogP contribution in [0, 0.1) is 5.92 Å². The molecule has 2 heterocycles. The average Bonchev–Trinajstić information content (AvgIpc) is 2.91. The van der Waals surface area contributed by atoms with Crippen LogP contribution in [0.1, 0.15) is 43.1 Å². The molecule has 0 aliphatic carbocycles. The zero-order valence-electron chi connectivity index (χ0n) is 12.9. The number of likely N-dealkylation sites (tertiary alicyclic amines) is 1. The van der Waals surface area contributed by atoms with Gasteiger partial charge in [0.2, 0.25) is 0 Å². The molecule has 0 N–H and O–H groups in total. The topological polar surface area (TPSA) is 51.5 Å². The van der Waals surface area contributed by atoms with Gasteiger partial charge in [0.05, 0.1) is 6.61 Å². The van der Waals surface area contributed by atoms with E-state index in [-0.39, 0.29) is 11.9 Å². The van der Waals surface area contributed by atoms with Crippen LogP contribution in [0.4, 0.5) is 0 Å². The van der Waals surface area contributed by atoms with Gasteiger partial charge in [-0.25, -0.2) is 0 Å². The number of amides is 1. The predicted molar refractivity (Wildman–Crippen MR) is 79.9 cm³/mol. The van der Waals surface area contributed by atoms with Crippen molar-refractivity contribution in [3.63, 3.8) is 0 Å². The second kappa shape index (κ2) is 7.29. The van der Waals surface area contributed by atoms with Gasteiger partial charge in [-0.3, -0.25) is 9.59 Å². The number of carbonyl (C=O) groups excluding carboxylic acids is 2. The third kappa shape index (κ3) is 4.09. The van der Waals surface area contributed by atoms with Crippen LogP contribution in [0.25, 0.3) is 0 Å². The lowest BCUT2D eigenvalue weighted by molar-refractivity contribution is -0.143. The highest BCUT2D eigenvalue weighted by atomic mass is 16.5. The van der Waals surface area contributed by atoms with Crippen LogP contribution >= 0.6 is 0 Å². The molecular formula is C16H24N2O3. The minimum Gasteiger partial charge on any atom is -0.466 e. The summed E-state index contributed by atoms with van der Waals surface area (Å²) in [5, 5.41) is 0. The molecule has 0 unspecified atom stereocenters. The molecule has 1 saturated heterocycles. The molecule has 1 fully saturated rings. The molecule has 2 rings (SSSR count). The quantitative estimate of drug-likeness (QED) is 0.782. The molecule has 1 atom stereocenters. The normalized spacial score (nSPS) is 18.6. The number of hydrogen-bond donors (Lipinski definition) is 0. The number of hydrogen-bond acceptors (Lipinski definition) is 3. The van der Waals surface area contributed by atoms with Crippen LogP contribution in [0.15, 0.2) is 18.3 Å². The molecule has 1 aromatic rings. The average molecular weight is 292 g/mol. The predicted octanol–water partition coefficient (Wildman–Crippen LogP) is 2.22. The van der Waals surface area contributed by atoms with Crippen LogP contribution in [0.2, 0.25) is 0 Å². The monoisotopic (exact) mass is 292 g/mol. The molecular weight excluding hydrogens is 268 g/mol. The summed E-state index contributed by atoms with van der Waals surface area (Å²) in [6.07, 6.45) is 5.22. The summed E-state index contributed by atoms with van der Waals surface area (Å²) in [6.45, 7) is 3.80. The van der Waals surface area contributed by atoms with Crippen LogP contribution < -0.4 is 0 Å². The Bertz CT molecular complexity index is 495. The molecule has 0 bridgehead atoms. The molecule has 0 aromatic carbocycles. The van der Waals surface area contributed by atoms with Gasteiger partial charge in [0, 0.05) is 32.8 Å². The highest BCUT2D eigenvalue weighted by Crippen LogP contribution is 2.22. The van der Waals surface area contributed by atoms with Gasteiger partial charge >= 0.3 is 5.97 Å². The van der Waals surface area contributed by atoms with Crippen LogP contribution in [-0.4, -0.2) is 41.0 Å². The Morgan fingerprint density at radius 2 is 2.24 bits per heavy atom. The second-order valence-electron chi connectivity index (χ2n) is 5.61. The van der Waals surface area contributed by atoms with Crippen molar-refractivity contribution in [1.82, 2.24) is 9.47 Å². The minimum absolute atomic E-state index is 0.0864. The van der Waals surface area contributed by atoms with Gasteiger partial charge in [-0.1, -0.05) is 0 Å². The summed E-state index contributed by atoms with van der Waals surface area (Å²) in [6, 6.07) is 3.74. The molecule has 1 aromatic heterocycles. The largest absolute Gasteiger partial charge is 0.466 e. The molecule has 5 heteroatoms. The van der Waals surface area contributed by atoms with Crippen molar-refractivity contribution >= 4 is 11.9 Å². The van der Waals surface area contributed by atoms with E-state index in [1.54, 1.807) is 0 Å². The third-order valence-corrected chi connectivity index (χ3v) is 4.03. The zero-order valence-corrected chi connectivity index (χ0v) is 12.9. The third-order valence-electron chi connectivity index (χ3n) is 4.03. The van der Waals surface area contributed by atoms with Crippen molar-refractivity contribution in [1.29, 1.82) is 0 Å². The Morgan fingerprint density at radius 1 is 1.43 bits per heavy atom. The lowest BCUT2D eigenvalue weighted by Crippen LogP contribution is -2.40. The van der Waals surface area contributed by atoms with Crippen molar-refractivity contribution in [2.45, 2.75) is 32.6 Å². The van der Waals surface area contributed by atoms with E-state index >= 15 is 0 Å². The van der Waals surface area contributed by atoms with Crippen molar-refractivity contribution in [2.24, 2.45) is 13.0 Å². The molecule has 0 radical (unpaired) electrons. The number of piperidine rings is 1. The number of aromatic nitrogens is 1. The Hall–Kier alpha value is -1.78. The van der Waals surface area contributed by atoms with E-state index in [1.165, 1.54) is 0 Å². The van der Waals surface area contributed by atoms with Crippen molar-refractivity contribution in [2.75, 3.05) is 19.7 Å². The molecule has 0 saturated carbocycles. The van der Waals surface area contributed by atoms with Gasteiger partial charge in [0.15, 0.2) is 0 Å². The highest BCUT2D eigenvalue weighted by molar-refractivity contribution is 5.92. The first-order valence-electron chi connectivity index (χ1n) is 7.68. The summed E-state index contributed by atoms with van der Waals surface area (Å²) in [4.78, 5) is 25.8. The maximum Gasteiger partial charge on any atom is 0.305 e. The van der Waals surface area contributed by atoms with E-state index < -0.39 is 0 Å². The number of nitrogens with zero attached hydrogens (tertiary/aromatic N) is 2.